The number of ether oxygens (including phenoxy) is 2. The monoisotopic (exact) mass is 862 g/mol. The minimum Gasteiger partial charge on any atom is -0.480 e. The van der Waals surface area contributed by atoms with E-state index >= 15 is 0 Å². The number of hydrogen-bond donors (Lipinski definition) is 3. The number of nitrogens with two attached hydrogens (primary N) is 1. The van der Waals surface area contributed by atoms with Crippen molar-refractivity contribution in [2.24, 2.45) is 5.73 Å². The normalized spacial score (nSPS) is 14.6. The molecule has 4 N–H and O–H groups in total. The Kier molecular flexibility index (Phi) is 42.1. The third kappa shape index (κ3) is 43.2. The number of phosphoric acid groups is 1. The second-order valence-electron chi connectivity index (χ2n) is 15.1. The van der Waals surface area contributed by atoms with E-state index in [-0.39, 0.29) is 13.0 Å². The molecule has 60 heavy (non-hydrogen) atoms. The Morgan fingerprint density at radius 2 is 0.967 bits per heavy atom. The highest BCUT2D eigenvalue weighted by molar-refractivity contribution is 7.47. The van der Waals surface area contributed by atoms with Crippen molar-refractivity contribution in [3.8, 4) is 0 Å². The lowest BCUT2D eigenvalue weighted by Gasteiger charge is -2.20. The topological polar surface area (TPSA) is 155 Å². The Hall–Kier alpha value is -2.85. The lowest BCUT2D eigenvalue weighted by molar-refractivity contribution is -0.154. The van der Waals surface area contributed by atoms with Crippen molar-refractivity contribution < 1.29 is 42.7 Å². The first-order valence-corrected chi connectivity index (χ1v) is 24.6. The van der Waals surface area contributed by atoms with Crippen LogP contribution in [0.3, 0.4) is 0 Å². The third-order valence-electron chi connectivity index (χ3n) is 9.41. The summed E-state index contributed by atoms with van der Waals surface area (Å²) in [6, 6.07) is -1.48. The van der Waals surface area contributed by atoms with E-state index in [1.165, 1.54) is 51.4 Å². The number of carbonyl (C=O) groups is 2. The molecule has 0 aliphatic carbocycles. The van der Waals surface area contributed by atoms with Gasteiger partial charge in [-0.1, -0.05) is 163 Å². The van der Waals surface area contributed by atoms with Gasteiger partial charge in [0.1, 0.15) is 12.1 Å². The fourth-order valence-corrected chi connectivity index (χ4v) is 6.61. The zero-order valence-corrected chi connectivity index (χ0v) is 38.4. The molecule has 0 saturated heterocycles. The van der Waals surface area contributed by atoms with E-state index in [4.69, 9.17) is 29.4 Å². The summed E-state index contributed by atoms with van der Waals surface area (Å²) in [5, 5.41) is 8.91. The predicted octanol–water partition coefficient (Wildman–Crippen LogP) is 13.1. The van der Waals surface area contributed by atoms with Crippen LogP contribution in [0.25, 0.3) is 0 Å². The summed E-state index contributed by atoms with van der Waals surface area (Å²) in [7, 11) is -4.63. The van der Waals surface area contributed by atoms with Gasteiger partial charge < -0.3 is 25.2 Å². The summed E-state index contributed by atoms with van der Waals surface area (Å²) >= 11 is 0. The van der Waals surface area contributed by atoms with Crippen LogP contribution in [0, 0.1) is 0 Å². The minimum absolute atomic E-state index is 0.00341. The van der Waals surface area contributed by atoms with Gasteiger partial charge in [0.05, 0.1) is 19.8 Å². The standard InChI is InChI=1S/C49H84NO9P/c1-3-5-7-9-11-13-15-17-19-21-22-23-24-25-27-29-31-33-35-37-39-41-48(51)59-46(44-57-60(54,55)58-45-47(50)49(52)53)43-56-42-40-38-36-34-32-30-28-26-20-18-16-14-12-10-8-6-4-2/h5,7,11,13-14,16-17,19-20,22-23,25-27,46-47H,3-4,6,8-10,12,15,18,21,24,28-45,50H2,1-2H3,(H,52,53)(H,54,55)/b7-5-,13-11-,16-14-,19-17-,23-22-,26-20-,27-25-. The van der Waals surface area contributed by atoms with Gasteiger partial charge in [-0.05, 0) is 89.9 Å². The van der Waals surface area contributed by atoms with Gasteiger partial charge in [0.15, 0.2) is 0 Å². The predicted molar refractivity (Wildman–Crippen MR) is 249 cm³/mol. The number of carbonyl (C=O) groups excluding carboxylic acids is 1. The SMILES string of the molecule is CC/C=C\C/C=C\C/C=C\C/C=C\C/C=C\CCCCCCCC(=O)OC(COCCCCCCCC/C=C\C/C=C\CCCCCC)COP(=O)(O)OCC(N)C(=O)O. The molecule has 0 aromatic rings. The van der Waals surface area contributed by atoms with Crippen LogP contribution < -0.4 is 5.73 Å². The van der Waals surface area contributed by atoms with Crippen molar-refractivity contribution in [1.82, 2.24) is 0 Å². The molecule has 0 aliphatic rings. The Balaban J connectivity index is 4.29. The van der Waals surface area contributed by atoms with Crippen LogP contribution in [-0.2, 0) is 32.7 Å². The van der Waals surface area contributed by atoms with Gasteiger partial charge in [-0.25, -0.2) is 4.57 Å². The van der Waals surface area contributed by atoms with Crippen LogP contribution in [0.5, 0.6) is 0 Å². The van der Waals surface area contributed by atoms with E-state index in [0.29, 0.717) is 13.0 Å². The molecule has 0 saturated carbocycles. The zero-order chi connectivity index (χ0) is 44.0. The molecule has 3 atom stereocenters. The average molecular weight is 862 g/mol. The number of unbranched alkanes of at least 4 members (excludes halogenated alkanes) is 15. The highest BCUT2D eigenvalue weighted by atomic mass is 31.2. The average Bonchev–Trinajstić information content (AvgIpc) is 3.23. The summed E-state index contributed by atoms with van der Waals surface area (Å²) < 4.78 is 33.4. The van der Waals surface area contributed by atoms with Crippen molar-refractivity contribution in [1.29, 1.82) is 0 Å². The molecule has 11 heteroatoms. The Bertz CT molecular complexity index is 1270. The molecule has 0 amide bonds. The summed E-state index contributed by atoms with van der Waals surface area (Å²) in [6.07, 6.45) is 56.3. The molecule has 344 valence electrons. The van der Waals surface area contributed by atoms with E-state index in [1.54, 1.807) is 0 Å². The molecule has 10 nitrogen and oxygen atoms in total. The molecular formula is C49H84NO9P. The van der Waals surface area contributed by atoms with Crippen LogP contribution in [0.1, 0.15) is 174 Å². The van der Waals surface area contributed by atoms with E-state index in [0.717, 1.165) is 96.3 Å². The van der Waals surface area contributed by atoms with E-state index in [9.17, 15) is 19.0 Å². The molecule has 0 fully saturated rings. The molecule has 0 rings (SSSR count). The number of rotatable bonds is 43. The van der Waals surface area contributed by atoms with Crippen molar-refractivity contribution in [2.45, 2.75) is 187 Å². The maximum atomic E-state index is 12.7. The smallest absolute Gasteiger partial charge is 0.472 e. The minimum atomic E-state index is -4.63. The summed E-state index contributed by atoms with van der Waals surface area (Å²) in [4.78, 5) is 33.6. The summed E-state index contributed by atoms with van der Waals surface area (Å²) in [5.74, 6) is -1.81. The van der Waals surface area contributed by atoms with Gasteiger partial charge in [-0.15, -0.1) is 0 Å². The van der Waals surface area contributed by atoms with Crippen molar-refractivity contribution in [3.05, 3.63) is 85.1 Å². The third-order valence-corrected chi connectivity index (χ3v) is 10.4. The highest BCUT2D eigenvalue weighted by Gasteiger charge is 2.27. The summed E-state index contributed by atoms with van der Waals surface area (Å²) in [5.41, 5.74) is 5.36. The van der Waals surface area contributed by atoms with Crippen molar-refractivity contribution in [3.63, 3.8) is 0 Å². The van der Waals surface area contributed by atoms with E-state index in [1.807, 2.05) is 0 Å². The molecule has 0 heterocycles. The van der Waals surface area contributed by atoms with Gasteiger partial charge >= 0.3 is 19.8 Å². The number of esters is 1. The van der Waals surface area contributed by atoms with Crippen molar-refractivity contribution >= 4 is 19.8 Å². The lowest BCUT2D eigenvalue weighted by Crippen LogP contribution is -2.34. The van der Waals surface area contributed by atoms with Gasteiger partial charge in [-0.3, -0.25) is 18.6 Å². The highest BCUT2D eigenvalue weighted by Crippen LogP contribution is 2.43. The quantitative estimate of drug-likeness (QED) is 0.0233. The number of carboxylic acids is 1. The van der Waals surface area contributed by atoms with Gasteiger partial charge in [0.2, 0.25) is 0 Å². The van der Waals surface area contributed by atoms with Crippen LogP contribution >= 0.6 is 7.82 Å². The number of hydrogen-bond acceptors (Lipinski definition) is 8. The van der Waals surface area contributed by atoms with Gasteiger partial charge in [-0.2, -0.15) is 0 Å². The lowest BCUT2D eigenvalue weighted by atomic mass is 10.1. The van der Waals surface area contributed by atoms with Crippen LogP contribution in [0.2, 0.25) is 0 Å². The second-order valence-corrected chi connectivity index (χ2v) is 16.6. The molecule has 0 aliphatic heterocycles. The maximum absolute atomic E-state index is 12.7. The number of allylic oxidation sites excluding steroid dienone is 14. The molecule has 0 radical (unpaired) electrons. The second kappa shape index (κ2) is 44.2. The number of carboxylic acid groups (broad SMARTS) is 1. The fourth-order valence-electron chi connectivity index (χ4n) is 5.84. The first-order valence-electron chi connectivity index (χ1n) is 23.1. The maximum Gasteiger partial charge on any atom is 0.472 e. The Morgan fingerprint density at radius 1 is 0.550 bits per heavy atom. The van der Waals surface area contributed by atoms with Crippen LogP contribution in [0.4, 0.5) is 0 Å². The first-order chi connectivity index (χ1) is 29.2. The van der Waals surface area contributed by atoms with Crippen LogP contribution in [-0.4, -0.2) is 60.5 Å². The fraction of sp³-hybridized carbons (Fsp3) is 0.673. The molecular weight excluding hydrogens is 778 g/mol. The molecule has 0 bridgehead atoms. The largest absolute Gasteiger partial charge is 0.480 e. The molecule has 0 aromatic heterocycles. The molecule has 3 unspecified atom stereocenters. The van der Waals surface area contributed by atoms with E-state index in [2.05, 4.69) is 98.9 Å². The molecule has 0 aromatic carbocycles. The Morgan fingerprint density at radius 3 is 1.45 bits per heavy atom. The summed E-state index contributed by atoms with van der Waals surface area (Å²) in [6.45, 7) is 3.69. The zero-order valence-electron chi connectivity index (χ0n) is 37.5. The Labute approximate surface area is 365 Å². The van der Waals surface area contributed by atoms with E-state index < -0.39 is 45.1 Å². The van der Waals surface area contributed by atoms with Gasteiger partial charge in [0, 0.05) is 13.0 Å². The first kappa shape index (κ1) is 57.1. The van der Waals surface area contributed by atoms with Crippen LogP contribution in [0.15, 0.2) is 85.1 Å². The van der Waals surface area contributed by atoms with Crippen molar-refractivity contribution in [2.75, 3.05) is 26.4 Å². The number of aliphatic carboxylic acids is 1. The molecule has 0 spiro atoms. The number of phosphoric ester groups is 1. The van der Waals surface area contributed by atoms with Gasteiger partial charge in [0.25, 0.3) is 0 Å².